The number of hydrogen-bond acceptors (Lipinski definition) is 2. The van der Waals surface area contributed by atoms with Crippen LogP contribution in [-0.4, -0.2) is 16.5 Å². The van der Waals surface area contributed by atoms with Gasteiger partial charge in [-0.1, -0.05) is 55.0 Å². The minimum Gasteiger partial charge on any atom is -0.225 e. The fourth-order valence-electron chi connectivity index (χ4n) is 1.64. The largest absolute Gasteiger partial charge is 0.231 e. The maximum absolute atomic E-state index is 11.7. The molecule has 0 saturated heterocycles. The summed E-state index contributed by atoms with van der Waals surface area (Å²) in [5.74, 6) is 0. The third-order valence-corrected chi connectivity index (χ3v) is 8.23. The van der Waals surface area contributed by atoms with Gasteiger partial charge in [0.05, 0.1) is 17.6 Å². The van der Waals surface area contributed by atoms with Crippen LogP contribution in [0.4, 0.5) is 0 Å². The zero-order valence-corrected chi connectivity index (χ0v) is 13.7. The maximum Gasteiger partial charge on any atom is 0.231 e. The number of primary sulfonamides is 1. The third kappa shape index (κ3) is 3.83. The monoisotopic (exact) mass is 323 g/mol. The Morgan fingerprint density at radius 3 is 2.22 bits per heavy atom. The molecule has 0 unspecified atom stereocenters. The van der Waals surface area contributed by atoms with Crippen molar-refractivity contribution < 1.29 is 8.42 Å². The summed E-state index contributed by atoms with van der Waals surface area (Å²) in [6.45, 7) is 5.62. The van der Waals surface area contributed by atoms with E-state index >= 15 is 0 Å². The Labute approximate surface area is 119 Å². The van der Waals surface area contributed by atoms with Crippen molar-refractivity contribution in [1.82, 2.24) is 0 Å². The number of hydrogen-bond donors (Lipinski definition) is 1. The average molecular weight is 324 g/mol. The van der Waals surface area contributed by atoms with Crippen LogP contribution in [0.5, 0.6) is 0 Å². The van der Waals surface area contributed by atoms with E-state index in [-0.39, 0.29) is 9.56 Å². The molecule has 18 heavy (non-hydrogen) atoms. The van der Waals surface area contributed by atoms with Crippen LogP contribution in [0.3, 0.4) is 0 Å². The van der Waals surface area contributed by atoms with Gasteiger partial charge in [-0.25, -0.2) is 13.6 Å². The number of rotatable bonds is 3. The molecule has 0 radical (unpaired) electrons. The minimum atomic E-state index is -3.82. The lowest BCUT2D eigenvalue weighted by atomic mass is 10.2. The highest BCUT2D eigenvalue weighted by molar-refractivity contribution is 7.95. The summed E-state index contributed by atoms with van der Waals surface area (Å²) in [7, 11) is -6.01. The second kappa shape index (κ2) is 5.34. The number of nitrogens with two attached hydrogens (primary N) is 1. The molecule has 0 bridgehead atoms. The van der Waals surface area contributed by atoms with Crippen LogP contribution in [-0.2, 0) is 10.0 Å². The highest BCUT2D eigenvalue weighted by Gasteiger charge is 2.32. The first-order valence-electron chi connectivity index (χ1n) is 5.22. The summed E-state index contributed by atoms with van der Waals surface area (Å²) in [5.41, 5.74) is 0.565. The summed E-state index contributed by atoms with van der Waals surface area (Å²) in [4.78, 5) is 0. The molecule has 1 aromatic rings. The van der Waals surface area contributed by atoms with Crippen molar-refractivity contribution in [2.24, 2.45) is 5.14 Å². The Morgan fingerprint density at radius 2 is 1.83 bits per heavy atom. The van der Waals surface area contributed by atoms with Crippen LogP contribution >= 0.6 is 23.2 Å². The molecule has 0 aliphatic heterocycles. The fraction of sp³-hybridized carbons (Fsp3) is 0.273. The van der Waals surface area contributed by atoms with Crippen LogP contribution in [0, 0.1) is 0 Å². The lowest BCUT2D eigenvalue weighted by Crippen LogP contribution is -2.34. The van der Waals surface area contributed by atoms with Crippen LogP contribution in [0.1, 0.15) is 5.56 Å². The SMILES string of the molecule is C[Si](C)(C)/C(=C(/Cl)c1cccc(Cl)c1)S(N)(=O)=O. The highest BCUT2D eigenvalue weighted by atomic mass is 35.5. The van der Waals surface area contributed by atoms with Crippen LogP contribution in [0.2, 0.25) is 24.7 Å². The molecule has 1 rings (SSSR count). The van der Waals surface area contributed by atoms with Gasteiger partial charge in [0.1, 0.15) is 0 Å². The molecule has 0 saturated carbocycles. The molecular weight excluding hydrogens is 309 g/mol. The van der Waals surface area contributed by atoms with Crippen molar-refractivity contribution in [3.8, 4) is 0 Å². The van der Waals surface area contributed by atoms with Crippen molar-refractivity contribution in [2.45, 2.75) is 19.6 Å². The highest BCUT2D eigenvalue weighted by Crippen LogP contribution is 2.32. The van der Waals surface area contributed by atoms with Crippen molar-refractivity contribution >= 4 is 46.3 Å². The Kier molecular flexibility index (Phi) is 4.67. The second-order valence-electron chi connectivity index (χ2n) is 4.95. The van der Waals surface area contributed by atoms with E-state index in [2.05, 4.69) is 0 Å². The number of sulfonamides is 1. The average Bonchev–Trinajstić information content (AvgIpc) is 2.12. The molecule has 0 aromatic heterocycles. The molecule has 0 heterocycles. The van der Waals surface area contributed by atoms with E-state index in [1.165, 1.54) is 0 Å². The molecule has 0 aliphatic carbocycles. The van der Waals surface area contributed by atoms with Crippen LogP contribution in [0.25, 0.3) is 5.03 Å². The topological polar surface area (TPSA) is 60.2 Å². The van der Waals surface area contributed by atoms with Gasteiger partial charge >= 0.3 is 0 Å². The zero-order valence-electron chi connectivity index (χ0n) is 10.4. The molecule has 7 heteroatoms. The standard InChI is InChI=1S/C11H15Cl2NO2SSi/c1-18(2,3)11(17(14,15)16)10(13)8-5-4-6-9(12)7-8/h4-7H,1-3H3,(H2,14,15,16)/b11-10+. The van der Waals surface area contributed by atoms with Crippen LogP contribution in [0.15, 0.2) is 28.8 Å². The van der Waals surface area contributed by atoms with Crippen molar-refractivity contribution in [3.05, 3.63) is 39.4 Å². The summed E-state index contributed by atoms with van der Waals surface area (Å²) >= 11 is 12.1. The Balaban J connectivity index is 3.57. The van der Waals surface area contributed by atoms with Gasteiger partial charge in [0.2, 0.25) is 10.0 Å². The van der Waals surface area contributed by atoms with E-state index in [1.807, 2.05) is 19.6 Å². The first kappa shape index (κ1) is 15.7. The summed E-state index contributed by atoms with van der Waals surface area (Å²) in [6, 6.07) is 6.74. The molecular formula is C11H15Cl2NO2SSi. The van der Waals surface area contributed by atoms with E-state index < -0.39 is 18.1 Å². The van der Waals surface area contributed by atoms with Gasteiger partial charge in [-0.15, -0.1) is 0 Å². The second-order valence-corrected chi connectivity index (χ2v) is 12.6. The Bertz CT molecular complexity index is 591. The van der Waals surface area contributed by atoms with Gasteiger partial charge in [0, 0.05) is 5.02 Å². The Morgan fingerprint density at radius 1 is 1.28 bits per heavy atom. The van der Waals surface area contributed by atoms with Crippen molar-refractivity contribution in [1.29, 1.82) is 0 Å². The first-order valence-corrected chi connectivity index (χ1v) is 11.0. The number of halogens is 2. The minimum absolute atomic E-state index is 0.138. The predicted octanol–water partition coefficient (Wildman–Crippen LogP) is 3.41. The summed E-state index contributed by atoms with van der Waals surface area (Å²) < 4.78 is 23.6. The quantitative estimate of drug-likeness (QED) is 0.866. The molecule has 3 nitrogen and oxygen atoms in total. The van der Waals surface area contributed by atoms with Gasteiger partial charge in [-0.05, 0) is 17.7 Å². The van der Waals surface area contributed by atoms with E-state index in [0.717, 1.165) is 0 Å². The van der Waals surface area contributed by atoms with Crippen molar-refractivity contribution in [3.63, 3.8) is 0 Å². The summed E-state index contributed by atoms with van der Waals surface area (Å²) in [5, 5.41) is 5.94. The normalized spacial score (nSPS) is 14.3. The molecule has 0 atom stereocenters. The molecule has 0 spiro atoms. The molecule has 2 N–H and O–H groups in total. The van der Waals surface area contributed by atoms with Crippen LogP contribution < -0.4 is 5.14 Å². The first-order chi connectivity index (χ1) is 8.03. The maximum atomic E-state index is 11.7. The lowest BCUT2D eigenvalue weighted by Gasteiger charge is -2.20. The van der Waals surface area contributed by atoms with Gasteiger partial charge in [-0.2, -0.15) is 0 Å². The van der Waals surface area contributed by atoms with E-state index in [0.29, 0.717) is 10.6 Å². The molecule has 0 amide bonds. The van der Waals surface area contributed by atoms with Crippen molar-refractivity contribution in [2.75, 3.05) is 0 Å². The summed E-state index contributed by atoms with van der Waals surface area (Å²) in [6.07, 6.45) is 0. The molecule has 0 aliphatic rings. The smallest absolute Gasteiger partial charge is 0.225 e. The van der Waals surface area contributed by atoms with E-state index in [1.54, 1.807) is 24.3 Å². The van der Waals surface area contributed by atoms with Gasteiger partial charge in [0.25, 0.3) is 0 Å². The van der Waals surface area contributed by atoms with E-state index in [4.69, 9.17) is 28.3 Å². The molecule has 0 fully saturated rings. The predicted molar refractivity (Wildman–Crippen MR) is 80.7 cm³/mol. The van der Waals surface area contributed by atoms with Gasteiger partial charge in [0.15, 0.2) is 0 Å². The lowest BCUT2D eigenvalue weighted by molar-refractivity contribution is 0.605. The fourth-order valence-corrected chi connectivity index (χ4v) is 7.70. The zero-order chi connectivity index (χ0) is 14.1. The number of benzene rings is 1. The Hall–Kier alpha value is -0.333. The molecule has 1 aromatic carbocycles. The van der Waals surface area contributed by atoms with Gasteiger partial charge in [-0.3, -0.25) is 0 Å². The third-order valence-electron chi connectivity index (χ3n) is 2.24. The van der Waals surface area contributed by atoms with Gasteiger partial charge < -0.3 is 0 Å². The van der Waals surface area contributed by atoms with E-state index in [9.17, 15) is 8.42 Å². The molecule has 100 valence electrons.